The molecular formula is C21H22ClN3O4S2. The van der Waals surface area contributed by atoms with Gasteiger partial charge in [0.1, 0.15) is 11.5 Å². The van der Waals surface area contributed by atoms with E-state index in [4.69, 9.17) is 26.1 Å². The molecule has 164 valence electrons. The van der Waals surface area contributed by atoms with Gasteiger partial charge in [0.15, 0.2) is 5.13 Å². The normalized spacial score (nSPS) is 15.1. The lowest BCUT2D eigenvalue weighted by molar-refractivity contribution is 0.384. The summed E-state index contributed by atoms with van der Waals surface area (Å²) in [7, 11) is -0.305. The third-order valence-electron chi connectivity index (χ3n) is 5.14. The van der Waals surface area contributed by atoms with E-state index < -0.39 is 10.0 Å². The van der Waals surface area contributed by atoms with Crippen LogP contribution in [0.1, 0.15) is 0 Å². The minimum atomic E-state index is -3.54. The highest BCUT2D eigenvalue weighted by atomic mass is 35.5. The summed E-state index contributed by atoms with van der Waals surface area (Å²) < 4.78 is 38.0. The molecule has 10 heteroatoms. The molecule has 0 unspecified atom stereocenters. The molecule has 0 radical (unpaired) electrons. The summed E-state index contributed by atoms with van der Waals surface area (Å²) in [6.45, 7) is 1.93. The number of nitrogens with zero attached hydrogens (tertiary/aromatic N) is 3. The number of sulfonamides is 1. The molecule has 0 saturated carbocycles. The number of thiazole rings is 1. The quantitative estimate of drug-likeness (QED) is 0.532. The first-order valence-electron chi connectivity index (χ1n) is 9.61. The lowest BCUT2D eigenvalue weighted by Crippen LogP contribution is -2.48. The summed E-state index contributed by atoms with van der Waals surface area (Å²) in [5, 5.41) is 3.35. The Morgan fingerprint density at radius 1 is 1.00 bits per heavy atom. The first kappa shape index (κ1) is 21.9. The Labute approximate surface area is 190 Å². The third kappa shape index (κ3) is 4.50. The standard InChI is InChI=1S/C21H22ClN3O4S2/c1-28-16-5-8-18(20(13-16)29-2)19-14-30-21(23-19)24-9-11-25(12-10-24)31(26,27)17-6-3-15(22)4-7-17/h3-8,13-14H,9-12H2,1-2H3. The van der Waals surface area contributed by atoms with Gasteiger partial charge in [-0.05, 0) is 36.4 Å². The second kappa shape index (κ2) is 9.04. The van der Waals surface area contributed by atoms with E-state index in [9.17, 15) is 8.42 Å². The molecule has 31 heavy (non-hydrogen) atoms. The molecule has 3 aromatic rings. The van der Waals surface area contributed by atoms with E-state index >= 15 is 0 Å². The van der Waals surface area contributed by atoms with Crippen LogP contribution in [0.25, 0.3) is 11.3 Å². The van der Waals surface area contributed by atoms with Crippen LogP contribution in [-0.2, 0) is 10.0 Å². The summed E-state index contributed by atoms with van der Waals surface area (Å²) in [6.07, 6.45) is 0. The Kier molecular flexibility index (Phi) is 6.38. The van der Waals surface area contributed by atoms with Crippen LogP contribution >= 0.6 is 22.9 Å². The highest BCUT2D eigenvalue weighted by Gasteiger charge is 2.29. The van der Waals surface area contributed by atoms with Gasteiger partial charge in [0.2, 0.25) is 10.0 Å². The molecule has 1 saturated heterocycles. The minimum absolute atomic E-state index is 0.258. The number of hydrogen-bond acceptors (Lipinski definition) is 7. The molecule has 0 bridgehead atoms. The molecule has 0 atom stereocenters. The number of hydrogen-bond donors (Lipinski definition) is 0. The number of aromatic nitrogens is 1. The second-order valence-corrected chi connectivity index (χ2v) is 10.1. The molecule has 1 aliphatic heterocycles. The van der Waals surface area contributed by atoms with Gasteiger partial charge in [0, 0.05) is 48.2 Å². The lowest BCUT2D eigenvalue weighted by atomic mass is 10.1. The Morgan fingerprint density at radius 3 is 2.35 bits per heavy atom. The van der Waals surface area contributed by atoms with Crippen LogP contribution in [0.2, 0.25) is 5.02 Å². The maximum absolute atomic E-state index is 12.9. The van der Waals surface area contributed by atoms with E-state index in [1.54, 1.807) is 38.5 Å². The zero-order chi connectivity index (χ0) is 22.0. The van der Waals surface area contributed by atoms with E-state index in [0.29, 0.717) is 42.7 Å². The summed E-state index contributed by atoms with van der Waals surface area (Å²) in [5.41, 5.74) is 1.70. The van der Waals surface area contributed by atoms with Gasteiger partial charge in [-0.2, -0.15) is 4.31 Å². The van der Waals surface area contributed by atoms with Gasteiger partial charge in [-0.1, -0.05) is 11.6 Å². The van der Waals surface area contributed by atoms with Gasteiger partial charge < -0.3 is 14.4 Å². The minimum Gasteiger partial charge on any atom is -0.497 e. The number of anilines is 1. The van der Waals surface area contributed by atoms with Gasteiger partial charge >= 0.3 is 0 Å². The molecule has 2 aromatic carbocycles. The van der Waals surface area contributed by atoms with Gasteiger partial charge in [0.05, 0.1) is 24.8 Å². The molecule has 4 rings (SSSR count). The highest BCUT2D eigenvalue weighted by Crippen LogP contribution is 2.36. The summed E-state index contributed by atoms with van der Waals surface area (Å²) in [6, 6.07) is 11.9. The van der Waals surface area contributed by atoms with E-state index in [1.165, 1.54) is 15.6 Å². The molecule has 0 aliphatic carbocycles. The lowest BCUT2D eigenvalue weighted by Gasteiger charge is -2.33. The monoisotopic (exact) mass is 479 g/mol. The fraction of sp³-hybridized carbons (Fsp3) is 0.286. The SMILES string of the molecule is COc1ccc(-c2csc(N3CCN(S(=O)(=O)c4ccc(Cl)cc4)CC3)n2)c(OC)c1. The molecule has 1 fully saturated rings. The van der Waals surface area contributed by atoms with Crippen molar-refractivity contribution in [2.24, 2.45) is 0 Å². The Hall–Kier alpha value is -2.33. The van der Waals surface area contributed by atoms with Crippen molar-refractivity contribution in [3.05, 3.63) is 52.9 Å². The summed E-state index contributed by atoms with van der Waals surface area (Å²) in [5.74, 6) is 1.41. The van der Waals surface area contributed by atoms with Crippen molar-refractivity contribution in [1.82, 2.24) is 9.29 Å². The smallest absolute Gasteiger partial charge is 0.243 e. The van der Waals surface area contributed by atoms with Crippen molar-refractivity contribution < 1.29 is 17.9 Å². The largest absolute Gasteiger partial charge is 0.497 e. The second-order valence-electron chi connectivity index (χ2n) is 6.93. The number of halogens is 1. The van der Waals surface area contributed by atoms with Crippen LogP contribution in [0, 0.1) is 0 Å². The van der Waals surface area contributed by atoms with E-state index in [1.807, 2.05) is 23.6 Å². The molecule has 0 spiro atoms. The first-order valence-corrected chi connectivity index (χ1v) is 12.3. The Morgan fingerprint density at radius 2 is 1.71 bits per heavy atom. The molecule has 7 nitrogen and oxygen atoms in total. The molecule has 0 N–H and O–H groups in total. The van der Waals surface area contributed by atoms with Crippen LogP contribution < -0.4 is 14.4 Å². The third-order valence-corrected chi connectivity index (χ3v) is 8.20. The molecule has 1 aliphatic rings. The Bertz CT molecular complexity index is 1160. The van der Waals surface area contributed by atoms with Crippen LogP contribution in [0.15, 0.2) is 52.7 Å². The zero-order valence-electron chi connectivity index (χ0n) is 17.1. The van der Waals surface area contributed by atoms with Gasteiger partial charge in [-0.15, -0.1) is 11.3 Å². The maximum Gasteiger partial charge on any atom is 0.243 e. The van der Waals surface area contributed by atoms with Crippen LogP contribution in [0.4, 0.5) is 5.13 Å². The predicted molar refractivity (Wildman–Crippen MR) is 123 cm³/mol. The van der Waals surface area contributed by atoms with E-state index in [-0.39, 0.29) is 4.90 Å². The topological polar surface area (TPSA) is 72.0 Å². The fourth-order valence-corrected chi connectivity index (χ4v) is 5.85. The fourth-order valence-electron chi connectivity index (χ4n) is 3.42. The summed E-state index contributed by atoms with van der Waals surface area (Å²) in [4.78, 5) is 7.13. The van der Waals surface area contributed by atoms with Crippen molar-refractivity contribution in [3.63, 3.8) is 0 Å². The zero-order valence-corrected chi connectivity index (χ0v) is 19.5. The number of piperazine rings is 1. The van der Waals surface area contributed by atoms with Crippen molar-refractivity contribution in [1.29, 1.82) is 0 Å². The van der Waals surface area contributed by atoms with Crippen LogP contribution in [0.5, 0.6) is 11.5 Å². The average molecular weight is 480 g/mol. The van der Waals surface area contributed by atoms with Crippen molar-refractivity contribution in [2.45, 2.75) is 4.90 Å². The predicted octanol–water partition coefficient (Wildman–Crippen LogP) is 3.99. The van der Waals surface area contributed by atoms with Crippen molar-refractivity contribution >= 4 is 38.1 Å². The molecular weight excluding hydrogens is 458 g/mol. The average Bonchev–Trinajstić information content (AvgIpc) is 3.29. The number of ether oxygens (including phenoxy) is 2. The van der Waals surface area contributed by atoms with Crippen molar-refractivity contribution in [3.8, 4) is 22.8 Å². The first-order chi connectivity index (χ1) is 14.9. The molecule has 1 aromatic heterocycles. The highest BCUT2D eigenvalue weighted by molar-refractivity contribution is 7.89. The van der Waals surface area contributed by atoms with Crippen molar-refractivity contribution in [2.75, 3.05) is 45.3 Å². The van der Waals surface area contributed by atoms with Crippen LogP contribution in [-0.4, -0.2) is 58.1 Å². The molecule has 2 heterocycles. The summed E-state index contributed by atoms with van der Waals surface area (Å²) >= 11 is 7.41. The number of methoxy groups -OCH3 is 2. The van der Waals surface area contributed by atoms with E-state index in [2.05, 4.69) is 4.90 Å². The number of benzene rings is 2. The van der Waals surface area contributed by atoms with Crippen LogP contribution in [0.3, 0.4) is 0 Å². The van der Waals surface area contributed by atoms with E-state index in [0.717, 1.165) is 16.4 Å². The van der Waals surface area contributed by atoms with Gasteiger partial charge in [-0.3, -0.25) is 0 Å². The molecule has 0 amide bonds. The van der Waals surface area contributed by atoms with Gasteiger partial charge in [-0.25, -0.2) is 13.4 Å². The van der Waals surface area contributed by atoms with Gasteiger partial charge in [0.25, 0.3) is 0 Å². The Balaban J connectivity index is 1.47. The number of rotatable bonds is 6. The maximum atomic E-state index is 12.9.